The number of hydrogen-bond acceptors (Lipinski definition) is 5. The number of benzene rings is 1. The maximum absolute atomic E-state index is 12.5. The topological polar surface area (TPSA) is 65.4 Å². The molecule has 2 heterocycles. The van der Waals surface area contributed by atoms with Crippen LogP contribution in [-0.4, -0.2) is 36.0 Å². The van der Waals surface area contributed by atoms with E-state index >= 15 is 0 Å². The fourth-order valence-corrected chi connectivity index (χ4v) is 3.90. The van der Waals surface area contributed by atoms with Crippen molar-refractivity contribution in [1.29, 1.82) is 0 Å². The molecule has 146 valence electrons. The number of ether oxygens (including phenoxy) is 2. The van der Waals surface area contributed by atoms with Crippen LogP contribution in [0.4, 0.5) is 5.82 Å². The minimum atomic E-state index is -0.319. The molecule has 0 bridgehead atoms. The molecule has 0 saturated heterocycles. The van der Waals surface area contributed by atoms with Crippen LogP contribution in [0.5, 0.6) is 0 Å². The Bertz CT molecular complexity index is 826. The van der Waals surface area contributed by atoms with Gasteiger partial charge >= 0.3 is 5.97 Å². The number of aromatic nitrogens is 2. The van der Waals surface area contributed by atoms with Gasteiger partial charge in [0, 0.05) is 19.6 Å². The molecule has 0 fully saturated rings. The number of fused-ring (bicyclic) bond motifs is 1. The number of esters is 1. The van der Waals surface area contributed by atoms with Crippen LogP contribution >= 0.6 is 0 Å². The average molecular weight is 371 g/mol. The number of rotatable bonds is 5. The Morgan fingerprint density at radius 2 is 2.19 bits per heavy atom. The number of carbonyl (C=O) groups is 1. The normalized spacial score (nSPS) is 18.3. The number of anilines is 1. The second-order valence-corrected chi connectivity index (χ2v) is 7.71. The second kappa shape index (κ2) is 7.72. The molecular weight excluding hydrogens is 342 g/mol. The van der Waals surface area contributed by atoms with E-state index in [9.17, 15) is 4.79 Å². The molecule has 1 N–H and O–H groups in total. The Morgan fingerprint density at radius 1 is 1.41 bits per heavy atom. The van der Waals surface area contributed by atoms with Crippen molar-refractivity contribution in [3.05, 3.63) is 46.6 Å². The zero-order valence-electron chi connectivity index (χ0n) is 16.8. The van der Waals surface area contributed by atoms with Crippen LogP contribution in [0.25, 0.3) is 0 Å². The Hall–Kier alpha value is -2.34. The molecule has 0 saturated carbocycles. The highest BCUT2D eigenvalue weighted by molar-refractivity contribution is 5.96. The van der Waals surface area contributed by atoms with Crippen molar-refractivity contribution < 1.29 is 14.3 Å². The van der Waals surface area contributed by atoms with Gasteiger partial charge in [0.05, 0.1) is 24.4 Å². The maximum atomic E-state index is 12.5. The van der Waals surface area contributed by atoms with Crippen LogP contribution in [0.2, 0.25) is 0 Å². The van der Waals surface area contributed by atoms with E-state index in [0.29, 0.717) is 30.4 Å². The lowest BCUT2D eigenvalue weighted by atomic mass is 9.86. The summed E-state index contributed by atoms with van der Waals surface area (Å²) in [5.41, 5.74) is 3.43. The quantitative estimate of drug-likeness (QED) is 0.809. The summed E-state index contributed by atoms with van der Waals surface area (Å²) >= 11 is 0. The second-order valence-electron chi connectivity index (χ2n) is 7.71. The van der Waals surface area contributed by atoms with Crippen molar-refractivity contribution in [2.45, 2.75) is 52.2 Å². The van der Waals surface area contributed by atoms with Crippen LogP contribution in [-0.2, 0) is 21.6 Å². The first kappa shape index (κ1) is 19.4. The number of methoxy groups -OCH3 is 1. The van der Waals surface area contributed by atoms with Gasteiger partial charge in [-0.1, -0.05) is 24.3 Å². The van der Waals surface area contributed by atoms with Crippen LogP contribution in [0.3, 0.4) is 0 Å². The molecule has 6 heteroatoms. The summed E-state index contributed by atoms with van der Waals surface area (Å²) in [7, 11) is 1.71. The average Bonchev–Trinajstić information content (AvgIpc) is 2.90. The molecule has 6 nitrogen and oxygen atoms in total. The van der Waals surface area contributed by atoms with E-state index in [1.54, 1.807) is 7.11 Å². The minimum Gasteiger partial charge on any atom is -0.462 e. The van der Waals surface area contributed by atoms with Crippen molar-refractivity contribution in [1.82, 2.24) is 9.78 Å². The first-order valence-electron chi connectivity index (χ1n) is 9.46. The lowest BCUT2D eigenvalue weighted by Crippen LogP contribution is -2.28. The van der Waals surface area contributed by atoms with Gasteiger partial charge in [0.2, 0.25) is 0 Å². The van der Waals surface area contributed by atoms with Gasteiger partial charge in [-0.25, -0.2) is 9.48 Å². The molecule has 0 radical (unpaired) electrons. The molecule has 27 heavy (non-hydrogen) atoms. The summed E-state index contributed by atoms with van der Waals surface area (Å²) in [6.45, 7) is 9.69. The number of nitrogens with zero attached hydrogens (tertiary/aromatic N) is 2. The highest BCUT2D eigenvalue weighted by Gasteiger charge is 2.36. The molecule has 1 aromatic carbocycles. The highest BCUT2D eigenvalue weighted by atomic mass is 16.5. The summed E-state index contributed by atoms with van der Waals surface area (Å²) in [5, 5.41) is 8.15. The summed E-state index contributed by atoms with van der Waals surface area (Å²) in [6.07, 6.45) is 0.910. The van der Waals surface area contributed by atoms with Gasteiger partial charge in [0.25, 0.3) is 0 Å². The van der Waals surface area contributed by atoms with E-state index in [4.69, 9.17) is 9.47 Å². The van der Waals surface area contributed by atoms with Crippen molar-refractivity contribution >= 4 is 11.8 Å². The third kappa shape index (κ3) is 3.86. The Morgan fingerprint density at radius 3 is 2.89 bits per heavy atom. The summed E-state index contributed by atoms with van der Waals surface area (Å²) in [4.78, 5) is 12.5. The van der Waals surface area contributed by atoms with E-state index in [0.717, 1.165) is 24.3 Å². The molecule has 2 aromatic rings. The van der Waals surface area contributed by atoms with E-state index in [-0.39, 0.29) is 11.5 Å². The predicted octanol–water partition coefficient (Wildman–Crippen LogP) is 3.85. The largest absolute Gasteiger partial charge is 0.462 e. The monoisotopic (exact) mass is 371 g/mol. The van der Waals surface area contributed by atoms with E-state index < -0.39 is 0 Å². The predicted molar refractivity (Wildman–Crippen MR) is 105 cm³/mol. The van der Waals surface area contributed by atoms with E-state index in [1.807, 2.05) is 18.5 Å². The third-order valence-corrected chi connectivity index (χ3v) is 5.11. The number of hydrogen-bond donors (Lipinski definition) is 1. The SMILES string of the molecule is CCOC(=O)c1c(C)nn2c1NCC(c1cccc(COC)c1)CC2(C)C. The molecule has 1 aliphatic heterocycles. The number of nitrogens with one attached hydrogen (secondary N) is 1. The molecule has 1 atom stereocenters. The van der Waals surface area contributed by atoms with Gasteiger partial charge < -0.3 is 14.8 Å². The van der Waals surface area contributed by atoms with Crippen LogP contribution in [0.15, 0.2) is 24.3 Å². The first-order chi connectivity index (χ1) is 12.9. The smallest absolute Gasteiger partial charge is 0.343 e. The standard InChI is InChI=1S/C21H29N3O3/c1-6-27-20(25)18-14(2)23-24-19(18)22-12-17(11-21(24,3)4)16-9-7-8-15(10-16)13-26-5/h7-10,17,22H,6,11-13H2,1-5H3. The zero-order valence-corrected chi connectivity index (χ0v) is 16.8. The first-order valence-corrected chi connectivity index (χ1v) is 9.46. The van der Waals surface area contributed by atoms with Crippen molar-refractivity contribution in [2.24, 2.45) is 0 Å². The Labute approximate surface area is 160 Å². The van der Waals surface area contributed by atoms with Crippen molar-refractivity contribution in [3.63, 3.8) is 0 Å². The van der Waals surface area contributed by atoms with Gasteiger partial charge in [-0.3, -0.25) is 0 Å². The molecule has 0 spiro atoms. The molecule has 1 aromatic heterocycles. The maximum Gasteiger partial charge on any atom is 0.343 e. The Balaban J connectivity index is 1.95. The lowest BCUT2D eigenvalue weighted by molar-refractivity contribution is 0.0526. The lowest BCUT2D eigenvalue weighted by Gasteiger charge is -2.28. The summed E-state index contributed by atoms with van der Waals surface area (Å²) in [5.74, 6) is 0.737. The molecule has 0 aliphatic carbocycles. The van der Waals surface area contributed by atoms with Gasteiger partial charge in [-0.15, -0.1) is 0 Å². The van der Waals surface area contributed by atoms with Gasteiger partial charge in [-0.2, -0.15) is 5.10 Å². The van der Waals surface area contributed by atoms with Gasteiger partial charge in [0.1, 0.15) is 11.4 Å². The molecule has 3 rings (SSSR count). The third-order valence-electron chi connectivity index (χ3n) is 5.11. The molecule has 1 aliphatic rings. The van der Waals surface area contributed by atoms with E-state index in [1.165, 1.54) is 5.56 Å². The molecule has 1 unspecified atom stereocenters. The fourth-order valence-electron chi connectivity index (χ4n) is 3.90. The van der Waals surface area contributed by atoms with Crippen LogP contribution in [0, 0.1) is 6.92 Å². The van der Waals surface area contributed by atoms with Gasteiger partial charge in [0.15, 0.2) is 0 Å². The molecular formula is C21H29N3O3. The zero-order chi connectivity index (χ0) is 19.6. The van der Waals surface area contributed by atoms with E-state index in [2.05, 4.69) is 48.5 Å². The van der Waals surface area contributed by atoms with Gasteiger partial charge in [-0.05, 0) is 45.2 Å². The van der Waals surface area contributed by atoms with Crippen molar-refractivity contribution in [3.8, 4) is 0 Å². The summed E-state index contributed by atoms with van der Waals surface area (Å²) < 4.78 is 12.5. The van der Waals surface area contributed by atoms with Crippen molar-refractivity contribution in [2.75, 3.05) is 25.6 Å². The van der Waals surface area contributed by atoms with Crippen LogP contribution in [0.1, 0.15) is 60.3 Å². The minimum absolute atomic E-state index is 0.240. The number of aryl methyl sites for hydroxylation is 1. The summed E-state index contributed by atoms with van der Waals surface area (Å²) in [6, 6.07) is 8.52. The Kier molecular flexibility index (Phi) is 5.56. The highest BCUT2D eigenvalue weighted by Crippen LogP contribution is 2.38. The van der Waals surface area contributed by atoms with Crippen LogP contribution < -0.4 is 5.32 Å². The fraction of sp³-hybridized carbons (Fsp3) is 0.524. The molecule has 0 amide bonds. The number of carbonyl (C=O) groups excluding carboxylic acids is 1.